The number of hydrogen-bond acceptors (Lipinski definition) is 3. The number of benzene rings is 1. The summed E-state index contributed by atoms with van der Waals surface area (Å²) in [4.78, 5) is -0.139. The lowest BCUT2D eigenvalue weighted by molar-refractivity contribution is 0.577. The molecule has 0 aliphatic carbocycles. The van der Waals surface area contributed by atoms with Gasteiger partial charge >= 0.3 is 0 Å². The van der Waals surface area contributed by atoms with Crippen molar-refractivity contribution in [2.45, 2.75) is 11.3 Å². The zero-order valence-electron chi connectivity index (χ0n) is 10.0. The van der Waals surface area contributed by atoms with Gasteiger partial charge in [-0.15, -0.1) is 12.4 Å². The van der Waals surface area contributed by atoms with Crippen LogP contribution in [-0.2, 0) is 10.0 Å². The zero-order chi connectivity index (χ0) is 13.8. The van der Waals surface area contributed by atoms with Gasteiger partial charge in [0.25, 0.3) is 0 Å². The molecule has 1 aromatic carbocycles. The third kappa shape index (κ3) is 5.63. The van der Waals surface area contributed by atoms with E-state index in [0.717, 1.165) is 0 Å². The molecule has 0 unspecified atom stereocenters. The standard InChI is InChI=1S/C10H13Cl3N2O2S.ClH/c1-14-3-2-4-15-18(16,17)10-8(12)5-7(11)6-9(10)13;/h5-6,14-15H,2-4H2,1H3;1H. The minimum absolute atomic E-state index is 0. The van der Waals surface area contributed by atoms with E-state index in [-0.39, 0.29) is 27.3 Å². The minimum Gasteiger partial charge on any atom is -0.320 e. The largest absolute Gasteiger partial charge is 0.320 e. The Hall–Kier alpha value is 0.250. The highest BCUT2D eigenvalue weighted by Crippen LogP contribution is 2.32. The average molecular weight is 368 g/mol. The van der Waals surface area contributed by atoms with Crippen molar-refractivity contribution in [3.05, 3.63) is 27.2 Å². The normalized spacial score (nSPS) is 11.2. The Morgan fingerprint density at radius 3 is 2.11 bits per heavy atom. The molecule has 1 aromatic rings. The van der Waals surface area contributed by atoms with Gasteiger partial charge in [0.1, 0.15) is 4.90 Å². The molecule has 0 radical (unpaired) electrons. The molecule has 0 amide bonds. The Morgan fingerprint density at radius 2 is 1.63 bits per heavy atom. The molecule has 1 rings (SSSR count). The van der Waals surface area contributed by atoms with Gasteiger partial charge in [-0.1, -0.05) is 34.8 Å². The van der Waals surface area contributed by atoms with Gasteiger partial charge in [0, 0.05) is 11.6 Å². The van der Waals surface area contributed by atoms with E-state index < -0.39 is 10.0 Å². The van der Waals surface area contributed by atoms with Crippen LogP contribution < -0.4 is 10.0 Å². The Morgan fingerprint density at radius 1 is 1.11 bits per heavy atom. The molecule has 0 aromatic heterocycles. The lowest BCUT2D eigenvalue weighted by Crippen LogP contribution is -2.27. The third-order valence-electron chi connectivity index (χ3n) is 2.13. The molecule has 0 spiro atoms. The maximum absolute atomic E-state index is 12.0. The predicted octanol–water partition coefficient (Wildman–Crippen LogP) is 2.96. The molecule has 0 fully saturated rings. The van der Waals surface area contributed by atoms with Crippen molar-refractivity contribution in [1.82, 2.24) is 10.0 Å². The SMILES string of the molecule is CNCCCNS(=O)(=O)c1c(Cl)cc(Cl)cc1Cl.Cl. The molecule has 9 heteroatoms. The van der Waals surface area contributed by atoms with Gasteiger partial charge in [0.2, 0.25) is 10.0 Å². The second-order valence-electron chi connectivity index (χ2n) is 3.55. The quantitative estimate of drug-likeness (QED) is 0.760. The van der Waals surface area contributed by atoms with Crippen LogP contribution in [0.2, 0.25) is 15.1 Å². The number of hydrogen-bond donors (Lipinski definition) is 2. The Labute approximate surface area is 134 Å². The molecule has 0 saturated heterocycles. The van der Waals surface area contributed by atoms with Crippen molar-refractivity contribution in [3.8, 4) is 0 Å². The lowest BCUT2D eigenvalue weighted by Gasteiger charge is -2.10. The number of nitrogens with one attached hydrogen (secondary N) is 2. The van der Waals surface area contributed by atoms with E-state index >= 15 is 0 Å². The molecule has 2 N–H and O–H groups in total. The van der Waals surface area contributed by atoms with Gasteiger partial charge in [-0.3, -0.25) is 0 Å². The molecule has 4 nitrogen and oxygen atoms in total. The van der Waals surface area contributed by atoms with Crippen molar-refractivity contribution in [2.75, 3.05) is 20.1 Å². The average Bonchev–Trinajstić information content (AvgIpc) is 2.22. The van der Waals surface area contributed by atoms with Crippen LogP contribution in [0.15, 0.2) is 17.0 Å². The highest BCUT2D eigenvalue weighted by Gasteiger charge is 2.21. The first-order chi connectivity index (χ1) is 8.38. The van der Waals surface area contributed by atoms with Crippen LogP contribution in [0.4, 0.5) is 0 Å². The predicted molar refractivity (Wildman–Crippen MR) is 82.5 cm³/mol. The third-order valence-corrected chi connectivity index (χ3v) is 4.73. The number of sulfonamides is 1. The van der Waals surface area contributed by atoms with Gasteiger partial charge < -0.3 is 5.32 Å². The van der Waals surface area contributed by atoms with E-state index in [9.17, 15) is 8.42 Å². The fraction of sp³-hybridized carbons (Fsp3) is 0.400. The van der Waals surface area contributed by atoms with Crippen LogP contribution in [0, 0.1) is 0 Å². The van der Waals surface area contributed by atoms with E-state index in [1.807, 2.05) is 0 Å². The van der Waals surface area contributed by atoms with E-state index in [0.29, 0.717) is 24.5 Å². The van der Waals surface area contributed by atoms with E-state index in [4.69, 9.17) is 34.8 Å². The van der Waals surface area contributed by atoms with Crippen LogP contribution in [-0.4, -0.2) is 28.6 Å². The fourth-order valence-corrected chi connectivity index (χ4v) is 3.94. The Balaban J connectivity index is 0.00000324. The van der Waals surface area contributed by atoms with E-state index in [1.165, 1.54) is 12.1 Å². The summed E-state index contributed by atoms with van der Waals surface area (Å²) in [5.41, 5.74) is 0. The number of halogens is 4. The van der Waals surface area contributed by atoms with Crippen molar-refractivity contribution in [2.24, 2.45) is 0 Å². The van der Waals surface area contributed by atoms with Crippen LogP contribution in [0.25, 0.3) is 0 Å². The van der Waals surface area contributed by atoms with Gasteiger partial charge in [-0.2, -0.15) is 0 Å². The molecule has 19 heavy (non-hydrogen) atoms. The summed E-state index contributed by atoms with van der Waals surface area (Å²) < 4.78 is 26.4. The zero-order valence-corrected chi connectivity index (χ0v) is 13.9. The topological polar surface area (TPSA) is 58.2 Å². The first kappa shape index (κ1) is 19.2. The van der Waals surface area contributed by atoms with Crippen LogP contribution in [0.5, 0.6) is 0 Å². The molecular formula is C10H14Cl4N2O2S. The number of rotatable bonds is 6. The van der Waals surface area contributed by atoms with Crippen LogP contribution in [0.1, 0.15) is 6.42 Å². The fourth-order valence-electron chi connectivity index (χ4n) is 1.33. The van der Waals surface area contributed by atoms with Gasteiger partial charge in [-0.25, -0.2) is 13.1 Å². The molecular weight excluding hydrogens is 354 g/mol. The lowest BCUT2D eigenvalue weighted by atomic mass is 10.4. The molecule has 0 saturated carbocycles. The smallest absolute Gasteiger partial charge is 0.243 e. The molecule has 0 heterocycles. The monoisotopic (exact) mass is 366 g/mol. The first-order valence-electron chi connectivity index (χ1n) is 5.17. The maximum Gasteiger partial charge on any atom is 0.243 e. The second-order valence-corrected chi connectivity index (χ2v) is 6.51. The van der Waals surface area contributed by atoms with Gasteiger partial charge in [0.15, 0.2) is 0 Å². The first-order valence-corrected chi connectivity index (χ1v) is 7.79. The van der Waals surface area contributed by atoms with Crippen molar-refractivity contribution < 1.29 is 8.42 Å². The summed E-state index contributed by atoms with van der Waals surface area (Å²) >= 11 is 17.4. The molecule has 0 bridgehead atoms. The summed E-state index contributed by atoms with van der Waals surface area (Å²) in [5, 5.41) is 3.23. The molecule has 0 aliphatic heterocycles. The molecule has 0 atom stereocenters. The Bertz CT molecular complexity index is 499. The van der Waals surface area contributed by atoms with Gasteiger partial charge in [-0.05, 0) is 32.1 Å². The van der Waals surface area contributed by atoms with E-state index in [1.54, 1.807) is 7.05 Å². The van der Waals surface area contributed by atoms with Crippen LogP contribution in [0.3, 0.4) is 0 Å². The van der Waals surface area contributed by atoms with Crippen LogP contribution >= 0.6 is 47.2 Å². The van der Waals surface area contributed by atoms with E-state index in [2.05, 4.69) is 10.0 Å². The summed E-state index contributed by atoms with van der Waals surface area (Å²) in [6, 6.07) is 2.69. The van der Waals surface area contributed by atoms with Gasteiger partial charge in [0.05, 0.1) is 10.0 Å². The second kappa shape index (κ2) is 8.52. The summed E-state index contributed by atoms with van der Waals surface area (Å²) in [7, 11) is -1.93. The Kier molecular flexibility index (Phi) is 8.63. The van der Waals surface area contributed by atoms with Crippen molar-refractivity contribution in [3.63, 3.8) is 0 Å². The summed E-state index contributed by atoms with van der Waals surface area (Å²) in [6.45, 7) is 1.02. The highest BCUT2D eigenvalue weighted by atomic mass is 35.5. The maximum atomic E-state index is 12.0. The minimum atomic E-state index is -3.72. The van der Waals surface area contributed by atoms with Crippen molar-refractivity contribution in [1.29, 1.82) is 0 Å². The highest BCUT2D eigenvalue weighted by molar-refractivity contribution is 7.89. The summed E-state index contributed by atoms with van der Waals surface area (Å²) in [5.74, 6) is 0. The summed E-state index contributed by atoms with van der Waals surface area (Å²) in [6.07, 6.45) is 0.665. The molecule has 0 aliphatic rings. The van der Waals surface area contributed by atoms with Crippen molar-refractivity contribution >= 4 is 57.2 Å². The molecule has 110 valence electrons.